The van der Waals surface area contributed by atoms with E-state index in [0.29, 0.717) is 16.3 Å². The van der Waals surface area contributed by atoms with Crippen molar-refractivity contribution in [3.05, 3.63) is 64.7 Å². The molecule has 0 fully saturated rings. The van der Waals surface area contributed by atoms with Crippen LogP contribution >= 0.6 is 11.6 Å². The Morgan fingerprint density at radius 3 is 2.14 bits per heavy atom. The zero-order valence-corrected chi connectivity index (χ0v) is 13.3. The molecule has 0 aromatic heterocycles. The van der Waals surface area contributed by atoms with Gasteiger partial charge in [0.15, 0.2) is 0 Å². The van der Waals surface area contributed by atoms with Gasteiger partial charge in [0.05, 0.1) is 5.56 Å². The minimum atomic E-state index is -0.380. The predicted octanol–water partition coefficient (Wildman–Crippen LogP) is 5.25. The molecule has 2 nitrogen and oxygen atoms in total. The van der Waals surface area contributed by atoms with Gasteiger partial charge in [0.2, 0.25) is 0 Å². The fourth-order valence-electron chi connectivity index (χ4n) is 1.93. The molecule has 0 saturated heterocycles. The molecule has 110 valence electrons. The number of halogens is 1. The molecule has 0 amide bonds. The number of carbonyl (C=O) groups excluding carboxylic acids is 1. The summed E-state index contributed by atoms with van der Waals surface area (Å²) in [6, 6.07) is 14.3. The Labute approximate surface area is 130 Å². The first-order chi connectivity index (χ1) is 9.92. The van der Waals surface area contributed by atoms with Gasteiger partial charge in [0, 0.05) is 5.02 Å². The van der Waals surface area contributed by atoms with Gasteiger partial charge in [-0.2, -0.15) is 0 Å². The summed E-state index contributed by atoms with van der Waals surface area (Å²) in [6.45, 7) is 6.55. The first kappa shape index (κ1) is 15.6. The lowest BCUT2D eigenvalue weighted by atomic mass is 9.82. The van der Waals surface area contributed by atoms with Crippen molar-refractivity contribution in [2.45, 2.75) is 32.6 Å². The largest absolute Gasteiger partial charge is 0.423 e. The van der Waals surface area contributed by atoms with Crippen LogP contribution in [0, 0.1) is 0 Å². The first-order valence-corrected chi connectivity index (χ1v) is 7.38. The van der Waals surface area contributed by atoms with E-state index in [1.807, 2.05) is 24.3 Å². The van der Waals surface area contributed by atoms with Gasteiger partial charge < -0.3 is 4.74 Å². The summed E-state index contributed by atoms with van der Waals surface area (Å²) >= 11 is 5.80. The van der Waals surface area contributed by atoms with Gasteiger partial charge in [-0.25, -0.2) is 4.79 Å². The zero-order valence-electron chi connectivity index (χ0n) is 12.5. The van der Waals surface area contributed by atoms with Crippen LogP contribution < -0.4 is 4.74 Å². The second-order valence-corrected chi connectivity index (χ2v) is 6.09. The Balaban J connectivity index is 2.10. The van der Waals surface area contributed by atoms with Gasteiger partial charge in [0.1, 0.15) is 5.75 Å². The summed E-state index contributed by atoms with van der Waals surface area (Å²) in [6.07, 6.45) is 1.05. The average molecular weight is 303 g/mol. The Bertz CT molecular complexity index is 613. The van der Waals surface area contributed by atoms with Gasteiger partial charge in [-0.3, -0.25) is 0 Å². The lowest BCUT2D eigenvalue weighted by Gasteiger charge is -2.23. The van der Waals surface area contributed by atoms with Crippen molar-refractivity contribution in [2.75, 3.05) is 0 Å². The number of hydrogen-bond donors (Lipinski definition) is 0. The standard InChI is InChI=1S/C18H19ClO2/c1-4-18(2,3)14-7-11-16(12-8-14)21-17(20)13-5-9-15(19)10-6-13/h5-12H,4H2,1-3H3. The molecule has 0 heterocycles. The molecule has 2 rings (SSSR count). The molecule has 0 aliphatic carbocycles. The highest BCUT2D eigenvalue weighted by Crippen LogP contribution is 2.28. The van der Waals surface area contributed by atoms with E-state index in [2.05, 4.69) is 20.8 Å². The Kier molecular flexibility index (Phi) is 4.69. The average Bonchev–Trinajstić information content (AvgIpc) is 2.48. The third-order valence-electron chi connectivity index (χ3n) is 3.81. The molecule has 0 saturated carbocycles. The highest BCUT2D eigenvalue weighted by atomic mass is 35.5. The summed E-state index contributed by atoms with van der Waals surface area (Å²) in [5.41, 5.74) is 1.84. The maximum atomic E-state index is 12.0. The summed E-state index contributed by atoms with van der Waals surface area (Å²) in [7, 11) is 0. The molecule has 0 spiro atoms. The van der Waals surface area contributed by atoms with Gasteiger partial charge in [-0.15, -0.1) is 0 Å². The summed E-state index contributed by atoms with van der Waals surface area (Å²) < 4.78 is 5.36. The Hall–Kier alpha value is -1.80. The van der Waals surface area contributed by atoms with Gasteiger partial charge >= 0.3 is 5.97 Å². The van der Waals surface area contributed by atoms with Crippen LogP contribution in [0.1, 0.15) is 43.1 Å². The first-order valence-electron chi connectivity index (χ1n) is 7.00. The van der Waals surface area contributed by atoms with E-state index in [1.165, 1.54) is 5.56 Å². The molecule has 0 aliphatic heterocycles. The SMILES string of the molecule is CCC(C)(C)c1ccc(OC(=O)c2ccc(Cl)cc2)cc1. The molecular formula is C18H19ClO2. The van der Waals surface area contributed by atoms with E-state index < -0.39 is 0 Å². The topological polar surface area (TPSA) is 26.3 Å². The molecule has 0 aliphatic rings. The normalized spacial score (nSPS) is 11.2. The Morgan fingerprint density at radius 1 is 1.05 bits per heavy atom. The van der Waals surface area contributed by atoms with E-state index in [4.69, 9.17) is 16.3 Å². The van der Waals surface area contributed by atoms with Crippen LogP contribution in [0.2, 0.25) is 5.02 Å². The maximum absolute atomic E-state index is 12.0. The molecule has 3 heteroatoms. The number of ether oxygens (including phenoxy) is 1. The van der Waals surface area contributed by atoms with Crippen molar-refractivity contribution in [3.8, 4) is 5.75 Å². The highest BCUT2D eigenvalue weighted by Gasteiger charge is 2.18. The predicted molar refractivity (Wildman–Crippen MR) is 86.2 cm³/mol. The molecule has 0 atom stereocenters. The van der Waals surface area contributed by atoms with Crippen molar-refractivity contribution in [2.24, 2.45) is 0 Å². The Morgan fingerprint density at radius 2 is 1.62 bits per heavy atom. The fraction of sp³-hybridized carbons (Fsp3) is 0.278. The molecule has 0 radical (unpaired) electrons. The number of esters is 1. The molecule has 0 bridgehead atoms. The van der Waals surface area contributed by atoms with Crippen molar-refractivity contribution in [1.82, 2.24) is 0 Å². The van der Waals surface area contributed by atoms with Crippen LogP contribution in [0.3, 0.4) is 0 Å². The smallest absolute Gasteiger partial charge is 0.343 e. The third-order valence-corrected chi connectivity index (χ3v) is 4.06. The quantitative estimate of drug-likeness (QED) is 0.570. The van der Waals surface area contributed by atoms with E-state index in [-0.39, 0.29) is 11.4 Å². The van der Waals surface area contributed by atoms with Crippen LogP contribution in [0.4, 0.5) is 0 Å². The molecule has 0 N–H and O–H groups in total. The highest BCUT2D eigenvalue weighted by molar-refractivity contribution is 6.30. The van der Waals surface area contributed by atoms with Crippen molar-refractivity contribution in [3.63, 3.8) is 0 Å². The van der Waals surface area contributed by atoms with Crippen LogP contribution in [0.25, 0.3) is 0 Å². The fourth-order valence-corrected chi connectivity index (χ4v) is 2.06. The van der Waals surface area contributed by atoms with Crippen molar-refractivity contribution >= 4 is 17.6 Å². The second-order valence-electron chi connectivity index (χ2n) is 5.66. The third kappa shape index (κ3) is 3.85. The summed E-state index contributed by atoms with van der Waals surface area (Å²) in [4.78, 5) is 12.0. The van der Waals surface area contributed by atoms with Gasteiger partial charge in [-0.1, -0.05) is 44.5 Å². The van der Waals surface area contributed by atoms with Crippen molar-refractivity contribution < 1.29 is 9.53 Å². The zero-order chi connectivity index (χ0) is 15.5. The van der Waals surface area contributed by atoms with E-state index in [1.54, 1.807) is 24.3 Å². The van der Waals surface area contributed by atoms with E-state index >= 15 is 0 Å². The van der Waals surface area contributed by atoms with E-state index in [9.17, 15) is 4.79 Å². The van der Waals surface area contributed by atoms with Gasteiger partial charge in [0.25, 0.3) is 0 Å². The molecule has 0 unspecified atom stereocenters. The monoisotopic (exact) mass is 302 g/mol. The minimum Gasteiger partial charge on any atom is -0.423 e. The second kappa shape index (κ2) is 6.31. The van der Waals surface area contributed by atoms with Gasteiger partial charge in [-0.05, 0) is 53.8 Å². The number of benzene rings is 2. The molecular weight excluding hydrogens is 284 g/mol. The van der Waals surface area contributed by atoms with E-state index in [0.717, 1.165) is 6.42 Å². The number of carbonyl (C=O) groups is 1. The molecule has 2 aromatic carbocycles. The van der Waals surface area contributed by atoms with Crippen LogP contribution in [-0.4, -0.2) is 5.97 Å². The van der Waals surface area contributed by atoms with Crippen LogP contribution in [-0.2, 0) is 5.41 Å². The minimum absolute atomic E-state index is 0.124. The molecule has 21 heavy (non-hydrogen) atoms. The lowest BCUT2D eigenvalue weighted by molar-refractivity contribution is 0.0734. The van der Waals surface area contributed by atoms with Crippen molar-refractivity contribution in [1.29, 1.82) is 0 Å². The van der Waals surface area contributed by atoms with Crippen LogP contribution in [0.5, 0.6) is 5.75 Å². The summed E-state index contributed by atoms with van der Waals surface area (Å²) in [5, 5.41) is 0.595. The number of rotatable bonds is 4. The molecule has 2 aromatic rings. The van der Waals surface area contributed by atoms with Crippen LogP contribution in [0.15, 0.2) is 48.5 Å². The maximum Gasteiger partial charge on any atom is 0.343 e. The summed E-state index contributed by atoms with van der Waals surface area (Å²) in [5.74, 6) is 0.166. The lowest BCUT2D eigenvalue weighted by Crippen LogP contribution is -2.15. The number of hydrogen-bond acceptors (Lipinski definition) is 2.